The van der Waals surface area contributed by atoms with Crippen LogP contribution < -0.4 is 16.4 Å². The lowest BCUT2D eigenvalue weighted by molar-refractivity contribution is -0.142. The molecule has 12 heteroatoms. The number of fused-ring (bicyclic) bond motifs is 1. The number of amides is 2. The Balaban J connectivity index is 1.81. The first kappa shape index (κ1) is 23.5. The van der Waals surface area contributed by atoms with Gasteiger partial charge in [0.2, 0.25) is 11.8 Å². The van der Waals surface area contributed by atoms with Crippen LogP contribution in [0.5, 0.6) is 0 Å². The Morgan fingerprint density at radius 3 is 2.39 bits per heavy atom. The van der Waals surface area contributed by atoms with Gasteiger partial charge in [0.15, 0.2) is 0 Å². The summed E-state index contributed by atoms with van der Waals surface area (Å²) in [5.74, 6) is -4.11. The maximum absolute atomic E-state index is 13.0. The normalized spacial score (nSPS) is 13.7. The highest BCUT2D eigenvalue weighted by molar-refractivity contribution is 5.94. The zero-order valence-corrected chi connectivity index (χ0v) is 17.4. The summed E-state index contributed by atoms with van der Waals surface area (Å²) in [7, 11) is 0. The molecular weight excluding hydrogens is 432 g/mol. The molecule has 0 aliphatic heterocycles. The largest absolute Gasteiger partial charge is 0.481 e. The number of carboxylic acid groups (broad SMARTS) is 2. The average molecular weight is 456 g/mol. The number of hydrogen-bond donors (Lipinski definition) is 7. The first-order valence-corrected chi connectivity index (χ1v) is 10.1. The maximum atomic E-state index is 13.0. The van der Waals surface area contributed by atoms with E-state index in [0.717, 1.165) is 10.9 Å². The average Bonchev–Trinajstić information content (AvgIpc) is 3.42. The lowest BCUT2D eigenvalue weighted by Crippen LogP contribution is -2.55. The molecule has 0 radical (unpaired) electrons. The van der Waals surface area contributed by atoms with Gasteiger partial charge in [0, 0.05) is 41.8 Å². The van der Waals surface area contributed by atoms with Crippen molar-refractivity contribution in [2.24, 2.45) is 5.73 Å². The van der Waals surface area contributed by atoms with Crippen molar-refractivity contribution in [1.29, 1.82) is 0 Å². The van der Waals surface area contributed by atoms with Crippen molar-refractivity contribution < 1.29 is 29.4 Å². The lowest BCUT2D eigenvalue weighted by atomic mass is 10.0. The number of hydrogen-bond acceptors (Lipinski definition) is 6. The molecule has 3 unspecified atom stereocenters. The van der Waals surface area contributed by atoms with Crippen LogP contribution in [0.25, 0.3) is 10.9 Å². The summed E-state index contributed by atoms with van der Waals surface area (Å²) < 4.78 is 0. The first-order chi connectivity index (χ1) is 15.7. The molecule has 8 N–H and O–H groups in total. The Morgan fingerprint density at radius 2 is 1.73 bits per heavy atom. The molecule has 0 saturated heterocycles. The number of nitrogens with zero attached hydrogens (tertiary/aromatic N) is 1. The Morgan fingerprint density at radius 1 is 1.00 bits per heavy atom. The minimum atomic E-state index is -1.37. The fraction of sp³-hybridized carbons (Fsp3) is 0.286. The molecule has 3 aromatic rings. The van der Waals surface area contributed by atoms with Crippen LogP contribution in [-0.4, -0.2) is 67.0 Å². The number of carbonyl (C=O) groups is 4. The summed E-state index contributed by atoms with van der Waals surface area (Å²) in [6.07, 6.45) is 3.88. The number of nitrogens with two attached hydrogens (primary N) is 1. The number of carbonyl (C=O) groups excluding carboxylic acids is 2. The van der Waals surface area contributed by atoms with Gasteiger partial charge in [0.05, 0.1) is 18.8 Å². The number of carboxylic acids is 2. The van der Waals surface area contributed by atoms with Gasteiger partial charge in [-0.05, 0) is 11.6 Å². The van der Waals surface area contributed by atoms with E-state index >= 15 is 0 Å². The summed E-state index contributed by atoms with van der Waals surface area (Å²) >= 11 is 0. The molecule has 2 amide bonds. The second-order valence-corrected chi connectivity index (χ2v) is 7.51. The molecule has 2 heterocycles. The monoisotopic (exact) mass is 456 g/mol. The second kappa shape index (κ2) is 10.4. The molecule has 0 spiro atoms. The highest BCUT2D eigenvalue weighted by Crippen LogP contribution is 2.19. The summed E-state index contributed by atoms with van der Waals surface area (Å²) in [5.41, 5.74) is 7.67. The molecule has 3 atom stereocenters. The van der Waals surface area contributed by atoms with Crippen LogP contribution in [0.1, 0.15) is 17.7 Å². The zero-order chi connectivity index (χ0) is 24.0. The van der Waals surface area contributed by atoms with Gasteiger partial charge in [-0.15, -0.1) is 0 Å². The number of H-pyrrole nitrogens is 2. The van der Waals surface area contributed by atoms with Crippen molar-refractivity contribution in [2.75, 3.05) is 0 Å². The van der Waals surface area contributed by atoms with Gasteiger partial charge in [-0.2, -0.15) is 0 Å². The molecule has 1 aromatic carbocycles. The van der Waals surface area contributed by atoms with E-state index in [4.69, 9.17) is 10.8 Å². The van der Waals surface area contributed by atoms with Crippen molar-refractivity contribution in [3.63, 3.8) is 0 Å². The topological polar surface area (TPSA) is 203 Å². The highest BCUT2D eigenvalue weighted by Gasteiger charge is 2.29. The third kappa shape index (κ3) is 6.17. The number of rotatable bonds is 11. The Hall–Kier alpha value is -4.19. The van der Waals surface area contributed by atoms with Crippen LogP contribution in [0.4, 0.5) is 0 Å². The molecule has 0 fully saturated rings. The van der Waals surface area contributed by atoms with Gasteiger partial charge in [0.1, 0.15) is 12.1 Å². The van der Waals surface area contributed by atoms with Crippen LogP contribution in [0.2, 0.25) is 0 Å². The minimum Gasteiger partial charge on any atom is -0.481 e. The summed E-state index contributed by atoms with van der Waals surface area (Å²) in [6.45, 7) is 0. The zero-order valence-electron chi connectivity index (χ0n) is 17.4. The van der Waals surface area contributed by atoms with E-state index in [1.807, 2.05) is 24.3 Å². The minimum absolute atomic E-state index is 0.0256. The molecule has 3 rings (SSSR count). The Labute approximate surface area is 187 Å². The van der Waals surface area contributed by atoms with Gasteiger partial charge < -0.3 is 36.5 Å². The number of aromatic nitrogens is 3. The summed E-state index contributed by atoms with van der Waals surface area (Å²) in [5, 5.41) is 24.2. The van der Waals surface area contributed by atoms with Gasteiger partial charge in [-0.3, -0.25) is 14.4 Å². The third-order valence-electron chi connectivity index (χ3n) is 5.06. The van der Waals surface area contributed by atoms with Crippen LogP contribution >= 0.6 is 0 Å². The predicted octanol–water partition coefficient (Wildman–Crippen LogP) is -0.468. The summed E-state index contributed by atoms with van der Waals surface area (Å²) in [6, 6.07) is 3.49. The van der Waals surface area contributed by atoms with E-state index in [2.05, 4.69) is 25.6 Å². The number of aliphatic carboxylic acids is 2. The van der Waals surface area contributed by atoms with E-state index in [-0.39, 0.29) is 12.8 Å². The second-order valence-electron chi connectivity index (χ2n) is 7.51. The molecular formula is C21H24N6O6. The molecule has 0 aliphatic carbocycles. The summed E-state index contributed by atoms with van der Waals surface area (Å²) in [4.78, 5) is 57.8. The number of imidazole rings is 1. The molecule has 33 heavy (non-hydrogen) atoms. The standard InChI is InChI=1S/C21H24N6O6/c22-14(7-18(28)29)19(30)26-16(5-11-8-24-15-4-2-1-3-13(11)15)20(31)27-17(21(32)33)6-12-9-23-10-25-12/h1-4,8-10,14,16-17,24H,5-7,22H2,(H,23,25)(H,26,30)(H,27,31)(H,28,29)(H,32,33). The molecule has 12 nitrogen and oxygen atoms in total. The molecule has 174 valence electrons. The van der Waals surface area contributed by atoms with E-state index in [0.29, 0.717) is 11.3 Å². The van der Waals surface area contributed by atoms with Gasteiger partial charge >= 0.3 is 11.9 Å². The van der Waals surface area contributed by atoms with Gasteiger partial charge in [-0.1, -0.05) is 18.2 Å². The molecule has 0 bridgehead atoms. The predicted molar refractivity (Wildman–Crippen MR) is 116 cm³/mol. The van der Waals surface area contributed by atoms with E-state index < -0.39 is 48.3 Å². The van der Waals surface area contributed by atoms with Crippen LogP contribution in [-0.2, 0) is 32.0 Å². The Kier molecular flexibility index (Phi) is 7.41. The van der Waals surface area contributed by atoms with Gasteiger partial charge in [-0.25, -0.2) is 9.78 Å². The molecule has 0 saturated carbocycles. The fourth-order valence-electron chi connectivity index (χ4n) is 3.38. The van der Waals surface area contributed by atoms with E-state index in [9.17, 15) is 24.3 Å². The number of aromatic amines is 2. The van der Waals surface area contributed by atoms with Crippen molar-refractivity contribution >= 4 is 34.7 Å². The molecule has 2 aromatic heterocycles. The van der Waals surface area contributed by atoms with Crippen molar-refractivity contribution in [3.05, 3.63) is 54.2 Å². The van der Waals surface area contributed by atoms with Gasteiger partial charge in [0.25, 0.3) is 0 Å². The van der Waals surface area contributed by atoms with E-state index in [1.165, 1.54) is 12.5 Å². The van der Waals surface area contributed by atoms with E-state index in [1.54, 1.807) is 6.20 Å². The van der Waals surface area contributed by atoms with Crippen molar-refractivity contribution in [3.8, 4) is 0 Å². The SMILES string of the molecule is NC(CC(=O)O)C(=O)NC(Cc1c[nH]c2ccccc12)C(=O)NC(Cc1cnc[nH]1)C(=O)O. The third-order valence-corrected chi connectivity index (χ3v) is 5.06. The Bertz CT molecular complexity index is 1140. The van der Waals surface area contributed by atoms with Crippen LogP contribution in [0.15, 0.2) is 43.0 Å². The highest BCUT2D eigenvalue weighted by atomic mass is 16.4. The fourth-order valence-corrected chi connectivity index (χ4v) is 3.38. The smallest absolute Gasteiger partial charge is 0.326 e. The maximum Gasteiger partial charge on any atom is 0.326 e. The van der Waals surface area contributed by atoms with Crippen molar-refractivity contribution in [1.82, 2.24) is 25.6 Å². The number of benzene rings is 1. The number of para-hydroxylation sites is 1. The van der Waals surface area contributed by atoms with Crippen LogP contribution in [0, 0.1) is 0 Å². The number of nitrogens with one attached hydrogen (secondary N) is 4. The first-order valence-electron chi connectivity index (χ1n) is 10.1. The lowest BCUT2D eigenvalue weighted by Gasteiger charge is -2.22. The molecule has 0 aliphatic rings. The van der Waals surface area contributed by atoms with Crippen molar-refractivity contribution in [2.45, 2.75) is 37.4 Å². The van der Waals surface area contributed by atoms with Crippen LogP contribution in [0.3, 0.4) is 0 Å². The quantitative estimate of drug-likeness (QED) is 0.200.